The number of piperazine rings is 1. The van der Waals surface area contributed by atoms with Gasteiger partial charge < -0.3 is 9.80 Å². The molecule has 2 aliphatic heterocycles. The number of halogens is 2. The lowest BCUT2D eigenvalue weighted by Gasteiger charge is -2.40. The van der Waals surface area contributed by atoms with Crippen LogP contribution in [0.15, 0.2) is 18.2 Å². The van der Waals surface area contributed by atoms with Crippen LogP contribution in [0.1, 0.15) is 40.0 Å². The zero-order chi connectivity index (χ0) is 19.4. The lowest BCUT2D eigenvalue weighted by atomic mass is 9.90. The van der Waals surface area contributed by atoms with Crippen molar-refractivity contribution in [3.63, 3.8) is 0 Å². The zero-order valence-electron chi connectivity index (χ0n) is 17.2. The highest BCUT2D eigenvalue weighted by Crippen LogP contribution is 2.30. The standard InChI is InChI=1S/C22H35Cl2N3/c1-22(2,3)8-11-25-9-6-18(7-10-25)17-26-12-14-27(15-13-26)21-5-4-19(23)16-20(21)24/h4-5,16,18H,6-15,17H2,1-3H3. The average molecular weight is 412 g/mol. The Labute approximate surface area is 175 Å². The molecule has 1 aromatic carbocycles. The normalized spacial score (nSPS) is 21.0. The summed E-state index contributed by atoms with van der Waals surface area (Å²) in [5.41, 5.74) is 1.57. The Morgan fingerprint density at radius 1 is 0.926 bits per heavy atom. The van der Waals surface area contributed by atoms with E-state index in [9.17, 15) is 0 Å². The molecule has 0 aliphatic carbocycles. The quantitative estimate of drug-likeness (QED) is 0.653. The van der Waals surface area contributed by atoms with Gasteiger partial charge in [0.15, 0.2) is 0 Å². The van der Waals surface area contributed by atoms with Crippen LogP contribution in [0, 0.1) is 11.3 Å². The van der Waals surface area contributed by atoms with E-state index in [4.69, 9.17) is 23.2 Å². The Kier molecular flexibility index (Phi) is 7.35. The molecular weight excluding hydrogens is 377 g/mol. The maximum absolute atomic E-state index is 6.38. The second-order valence-electron chi connectivity index (χ2n) is 9.48. The molecule has 2 fully saturated rings. The number of piperidine rings is 1. The average Bonchev–Trinajstić information content (AvgIpc) is 2.61. The van der Waals surface area contributed by atoms with Gasteiger partial charge in [-0.25, -0.2) is 0 Å². The molecule has 2 heterocycles. The largest absolute Gasteiger partial charge is 0.368 e. The van der Waals surface area contributed by atoms with Crippen LogP contribution >= 0.6 is 23.2 Å². The van der Waals surface area contributed by atoms with Gasteiger partial charge in [-0.2, -0.15) is 0 Å². The van der Waals surface area contributed by atoms with Gasteiger partial charge in [0.05, 0.1) is 10.7 Å². The summed E-state index contributed by atoms with van der Waals surface area (Å²) in [6, 6.07) is 5.83. The van der Waals surface area contributed by atoms with E-state index in [1.54, 1.807) is 0 Å². The Bertz CT molecular complexity index is 598. The molecule has 152 valence electrons. The van der Waals surface area contributed by atoms with E-state index in [0.29, 0.717) is 10.4 Å². The highest BCUT2D eigenvalue weighted by molar-refractivity contribution is 6.36. The molecule has 0 atom stereocenters. The van der Waals surface area contributed by atoms with Crippen molar-refractivity contribution in [3.8, 4) is 0 Å². The molecule has 0 spiro atoms. The lowest BCUT2D eigenvalue weighted by molar-refractivity contribution is 0.130. The van der Waals surface area contributed by atoms with Crippen molar-refractivity contribution in [1.82, 2.24) is 9.80 Å². The predicted octanol–water partition coefficient (Wildman–Crippen LogP) is 5.26. The van der Waals surface area contributed by atoms with Gasteiger partial charge in [0.25, 0.3) is 0 Å². The minimum absolute atomic E-state index is 0.448. The minimum Gasteiger partial charge on any atom is -0.368 e. The van der Waals surface area contributed by atoms with E-state index in [1.807, 2.05) is 18.2 Å². The van der Waals surface area contributed by atoms with Gasteiger partial charge in [-0.15, -0.1) is 0 Å². The van der Waals surface area contributed by atoms with E-state index in [1.165, 1.54) is 45.4 Å². The van der Waals surface area contributed by atoms with Crippen LogP contribution < -0.4 is 4.90 Å². The van der Waals surface area contributed by atoms with E-state index in [0.717, 1.165) is 42.8 Å². The highest BCUT2D eigenvalue weighted by atomic mass is 35.5. The second-order valence-corrected chi connectivity index (χ2v) is 10.3. The lowest BCUT2D eigenvalue weighted by Crippen LogP contribution is -2.49. The smallest absolute Gasteiger partial charge is 0.0654 e. The van der Waals surface area contributed by atoms with Crippen molar-refractivity contribution in [2.75, 3.05) is 57.3 Å². The van der Waals surface area contributed by atoms with E-state index >= 15 is 0 Å². The van der Waals surface area contributed by atoms with Crippen LogP contribution in [0.2, 0.25) is 10.0 Å². The van der Waals surface area contributed by atoms with Gasteiger partial charge in [0.1, 0.15) is 0 Å². The maximum atomic E-state index is 6.38. The SMILES string of the molecule is CC(C)(C)CCN1CCC(CN2CCN(c3ccc(Cl)cc3Cl)CC2)CC1. The van der Waals surface area contributed by atoms with Gasteiger partial charge in [0, 0.05) is 37.7 Å². The predicted molar refractivity (Wildman–Crippen MR) is 118 cm³/mol. The first-order valence-corrected chi connectivity index (χ1v) is 11.2. The van der Waals surface area contributed by atoms with Crippen molar-refractivity contribution in [2.24, 2.45) is 11.3 Å². The summed E-state index contributed by atoms with van der Waals surface area (Å²) in [4.78, 5) is 7.71. The van der Waals surface area contributed by atoms with Gasteiger partial charge in [0.2, 0.25) is 0 Å². The molecule has 27 heavy (non-hydrogen) atoms. The maximum Gasteiger partial charge on any atom is 0.0654 e. The van der Waals surface area contributed by atoms with Crippen molar-refractivity contribution >= 4 is 28.9 Å². The van der Waals surface area contributed by atoms with Crippen molar-refractivity contribution in [2.45, 2.75) is 40.0 Å². The molecule has 3 nitrogen and oxygen atoms in total. The van der Waals surface area contributed by atoms with Gasteiger partial charge in [-0.1, -0.05) is 44.0 Å². The van der Waals surface area contributed by atoms with Crippen molar-refractivity contribution < 1.29 is 0 Å². The fourth-order valence-corrected chi connectivity index (χ4v) is 4.69. The van der Waals surface area contributed by atoms with Crippen LogP contribution in [0.3, 0.4) is 0 Å². The number of benzene rings is 1. The third kappa shape index (κ3) is 6.52. The molecule has 0 bridgehead atoms. The molecule has 2 saturated heterocycles. The number of anilines is 1. The molecule has 0 N–H and O–H groups in total. The summed E-state index contributed by atoms with van der Waals surface area (Å²) in [6.07, 6.45) is 4.01. The summed E-state index contributed by atoms with van der Waals surface area (Å²) >= 11 is 12.4. The van der Waals surface area contributed by atoms with E-state index in [2.05, 4.69) is 35.5 Å². The summed E-state index contributed by atoms with van der Waals surface area (Å²) < 4.78 is 0. The van der Waals surface area contributed by atoms with Gasteiger partial charge >= 0.3 is 0 Å². The van der Waals surface area contributed by atoms with Crippen LogP contribution in [0.4, 0.5) is 5.69 Å². The molecular formula is C22H35Cl2N3. The molecule has 0 unspecified atom stereocenters. The number of hydrogen-bond donors (Lipinski definition) is 0. The Balaban J connectivity index is 1.39. The van der Waals surface area contributed by atoms with Crippen LogP contribution in [0.25, 0.3) is 0 Å². The molecule has 0 radical (unpaired) electrons. The van der Waals surface area contributed by atoms with E-state index in [-0.39, 0.29) is 0 Å². The molecule has 2 aliphatic rings. The van der Waals surface area contributed by atoms with Crippen molar-refractivity contribution in [1.29, 1.82) is 0 Å². The van der Waals surface area contributed by atoms with Crippen LogP contribution in [-0.2, 0) is 0 Å². The number of rotatable bonds is 5. The second kappa shape index (κ2) is 9.35. The fraction of sp³-hybridized carbons (Fsp3) is 0.727. The number of likely N-dealkylation sites (tertiary alicyclic amines) is 1. The van der Waals surface area contributed by atoms with E-state index < -0.39 is 0 Å². The molecule has 0 amide bonds. The summed E-state index contributed by atoms with van der Waals surface area (Å²) in [5, 5.41) is 1.47. The molecule has 0 saturated carbocycles. The third-order valence-corrected chi connectivity index (χ3v) is 6.56. The summed E-state index contributed by atoms with van der Waals surface area (Å²) in [7, 11) is 0. The van der Waals surface area contributed by atoms with Gasteiger partial charge in [-0.05, 0) is 68.4 Å². The Morgan fingerprint density at radius 2 is 1.59 bits per heavy atom. The van der Waals surface area contributed by atoms with Crippen LogP contribution in [-0.4, -0.2) is 62.2 Å². The zero-order valence-corrected chi connectivity index (χ0v) is 18.7. The monoisotopic (exact) mass is 411 g/mol. The highest BCUT2D eigenvalue weighted by Gasteiger charge is 2.25. The molecule has 0 aromatic heterocycles. The number of hydrogen-bond acceptors (Lipinski definition) is 3. The first-order valence-electron chi connectivity index (χ1n) is 10.4. The Hall–Kier alpha value is -0.480. The first kappa shape index (κ1) is 21.2. The molecule has 1 aromatic rings. The Morgan fingerprint density at radius 3 is 2.19 bits per heavy atom. The third-order valence-electron chi connectivity index (χ3n) is 6.02. The van der Waals surface area contributed by atoms with Crippen molar-refractivity contribution in [3.05, 3.63) is 28.2 Å². The first-order chi connectivity index (χ1) is 12.8. The topological polar surface area (TPSA) is 9.72 Å². The molecule has 5 heteroatoms. The van der Waals surface area contributed by atoms with Crippen LogP contribution in [0.5, 0.6) is 0 Å². The summed E-state index contributed by atoms with van der Waals surface area (Å²) in [5.74, 6) is 0.863. The summed E-state index contributed by atoms with van der Waals surface area (Å²) in [6.45, 7) is 16.5. The van der Waals surface area contributed by atoms with Gasteiger partial charge in [-0.3, -0.25) is 4.90 Å². The minimum atomic E-state index is 0.448. The fourth-order valence-electron chi connectivity index (χ4n) is 4.16. The molecule has 3 rings (SSSR count). The number of nitrogens with zero attached hydrogens (tertiary/aromatic N) is 3.